The Morgan fingerprint density at radius 3 is 2.79 bits per heavy atom. The number of piperidine rings is 1. The summed E-state index contributed by atoms with van der Waals surface area (Å²) in [6.07, 6.45) is 0.802. The maximum Gasteiger partial charge on any atom is 0.340 e. The van der Waals surface area contributed by atoms with Gasteiger partial charge in [-0.15, -0.1) is 0 Å². The van der Waals surface area contributed by atoms with E-state index in [9.17, 15) is 19.5 Å². The van der Waals surface area contributed by atoms with Gasteiger partial charge in [0, 0.05) is 49.2 Å². The standard InChI is InChI=1S/C25H25ClN2O6/c1-13-16-7-19(26)23(31)18(24(16)34-25(32)17(13)8-22(30)33-2)12-27-9-14-6-15(11-27)20-4-3-5-21(29)28(20)10-14/h3-5,7,14-15,31H,6,8-12H2,1-2H3/t14-,15+/m1/s1. The molecule has 2 atom stereocenters. The number of aromatic nitrogens is 1. The Bertz CT molecular complexity index is 1430. The lowest BCUT2D eigenvalue weighted by molar-refractivity contribution is -0.139. The van der Waals surface area contributed by atoms with Crippen molar-refractivity contribution in [3.63, 3.8) is 0 Å². The third-order valence-corrected chi connectivity index (χ3v) is 7.37. The van der Waals surface area contributed by atoms with Crippen LogP contribution in [0.4, 0.5) is 0 Å². The van der Waals surface area contributed by atoms with Crippen molar-refractivity contribution in [2.75, 3.05) is 20.2 Å². The van der Waals surface area contributed by atoms with Gasteiger partial charge in [-0.3, -0.25) is 14.5 Å². The average molecular weight is 485 g/mol. The molecule has 2 aliphatic heterocycles. The average Bonchev–Trinajstić information content (AvgIpc) is 2.81. The number of rotatable bonds is 4. The number of carbonyl (C=O) groups is 1. The first kappa shape index (κ1) is 22.7. The van der Waals surface area contributed by atoms with Crippen LogP contribution in [0.1, 0.15) is 34.7 Å². The van der Waals surface area contributed by atoms with Crippen molar-refractivity contribution in [3.8, 4) is 5.75 Å². The molecular formula is C25H25ClN2O6. The van der Waals surface area contributed by atoms with Crippen molar-refractivity contribution in [2.24, 2.45) is 5.92 Å². The Labute approximate surface area is 200 Å². The van der Waals surface area contributed by atoms with Crippen LogP contribution in [0, 0.1) is 12.8 Å². The zero-order chi connectivity index (χ0) is 24.1. The van der Waals surface area contributed by atoms with Crippen LogP contribution in [0.3, 0.4) is 0 Å². The van der Waals surface area contributed by atoms with E-state index >= 15 is 0 Å². The number of carbonyl (C=O) groups excluding carboxylic acids is 1. The van der Waals surface area contributed by atoms with Gasteiger partial charge in [0.1, 0.15) is 11.3 Å². The Morgan fingerprint density at radius 2 is 2.03 bits per heavy atom. The molecule has 1 N–H and O–H groups in total. The van der Waals surface area contributed by atoms with Crippen LogP contribution < -0.4 is 11.2 Å². The second-order valence-electron chi connectivity index (χ2n) is 9.20. The molecule has 0 radical (unpaired) electrons. The molecule has 178 valence electrons. The summed E-state index contributed by atoms with van der Waals surface area (Å²) < 4.78 is 12.2. The van der Waals surface area contributed by atoms with E-state index in [4.69, 9.17) is 20.8 Å². The smallest absolute Gasteiger partial charge is 0.340 e. The van der Waals surface area contributed by atoms with Crippen LogP contribution in [-0.2, 0) is 29.0 Å². The molecule has 9 heteroatoms. The van der Waals surface area contributed by atoms with E-state index in [0.717, 1.165) is 18.7 Å². The molecule has 0 amide bonds. The van der Waals surface area contributed by atoms with Gasteiger partial charge in [-0.1, -0.05) is 17.7 Å². The first-order valence-electron chi connectivity index (χ1n) is 11.2. The highest BCUT2D eigenvalue weighted by Crippen LogP contribution is 2.40. The molecule has 1 fully saturated rings. The van der Waals surface area contributed by atoms with Crippen molar-refractivity contribution in [1.82, 2.24) is 9.47 Å². The molecule has 0 spiro atoms. The number of phenols is 1. The highest BCUT2D eigenvalue weighted by Gasteiger charge is 2.35. The number of benzene rings is 1. The topological polar surface area (TPSA) is 102 Å². The number of hydrogen-bond acceptors (Lipinski definition) is 7. The second kappa shape index (κ2) is 8.60. The fraction of sp³-hybridized carbons (Fsp3) is 0.400. The lowest BCUT2D eigenvalue weighted by Gasteiger charge is -2.42. The van der Waals surface area contributed by atoms with Crippen molar-refractivity contribution in [3.05, 3.63) is 72.4 Å². The van der Waals surface area contributed by atoms with Crippen molar-refractivity contribution in [2.45, 2.75) is 38.8 Å². The number of likely N-dealkylation sites (tertiary alicyclic amines) is 1. The number of aryl methyl sites for hydroxylation is 1. The molecule has 2 bridgehead atoms. The summed E-state index contributed by atoms with van der Waals surface area (Å²) in [5, 5.41) is 11.5. The van der Waals surface area contributed by atoms with E-state index < -0.39 is 11.6 Å². The predicted octanol–water partition coefficient (Wildman–Crippen LogP) is 2.96. The van der Waals surface area contributed by atoms with Crippen LogP contribution in [0.15, 0.2) is 38.3 Å². The number of hydrogen-bond donors (Lipinski definition) is 1. The predicted molar refractivity (Wildman–Crippen MR) is 126 cm³/mol. The van der Waals surface area contributed by atoms with Gasteiger partial charge in [0.05, 0.1) is 29.7 Å². The van der Waals surface area contributed by atoms with Crippen LogP contribution in [-0.4, -0.2) is 40.7 Å². The minimum atomic E-state index is -0.637. The Morgan fingerprint density at radius 1 is 1.24 bits per heavy atom. The molecule has 3 aromatic rings. The minimum Gasteiger partial charge on any atom is -0.506 e. The number of halogens is 1. The number of methoxy groups -OCH3 is 1. The number of ether oxygens (including phenoxy) is 1. The number of fused-ring (bicyclic) bond motifs is 5. The lowest BCUT2D eigenvalue weighted by Crippen LogP contribution is -2.46. The molecule has 1 aromatic carbocycles. The molecule has 2 aliphatic rings. The zero-order valence-corrected chi connectivity index (χ0v) is 19.7. The van der Waals surface area contributed by atoms with Gasteiger partial charge in [-0.25, -0.2) is 4.79 Å². The van der Waals surface area contributed by atoms with E-state index in [2.05, 4.69) is 4.90 Å². The van der Waals surface area contributed by atoms with Crippen LogP contribution in [0.5, 0.6) is 5.75 Å². The van der Waals surface area contributed by atoms with Gasteiger partial charge in [0.2, 0.25) is 0 Å². The summed E-state index contributed by atoms with van der Waals surface area (Å²) in [4.78, 5) is 39.0. The summed E-state index contributed by atoms with van der Waals surface area (Å²) in [5.74, 6) is -0.155. The van der Waals surface area contributed by atoms with E-state index in [1.54, 1.807) is 25.1 Å². The fourth-order valence-corrected chi connectivity index (χ4v) is 5.68. The SMILES string of the molecule is COC(=O)Cc1c(C)c2cc(Cl)c(O)c(CN3C[C@H]4C[C@@H](C3)c3cccc(=O)n3C4)c2oc1=O. The summed E-state index contributed by atoms with van der Waals surface area (Å²) in [5.41, 5.74) is 1.91. The maximum absolute atomic E-state index is 12.7. The summed E-state index contributed by atoms with van der Waals surface area (Å²) in [6.45, 7) is 4.18. The molecule has 0 aliphatic carbocycles. The highest BCUT2D eigenvalue weighted by molar-refractivity contribution is 6.33. The molecule has 2 aromatic heterocycles. The maximum atomic E-state index is 12.7. The first-order valence-corrected chi connectivity index (χ1v) is 11.6. The zero-order valence-electron chi connectivity index (χ0n) is 19.0. The largest absolute Gasteiger partial charge is 0.506 e. The van der Waals surface area contributed by atoms with Gasteiger partial charge >= 0.3 is 11.6 Å². The van der Waals surface area contributed by atoms with E-state index in [1.165, 1.54) is 7.11 Å². The van der Waals surface area contributed by atoms with Crippen molar-refractivity contribution >= 4 is 28.5 Å². The summed E-state index contributed by atoms with van der Waals surface area (Å²) in [6, 6.07) is 6.95. The first-order chi connectivity index (χ1) is 16.3. The number of nitrogens with zero attached hydrogens (tertiary/aromatic N) is 2. The normalized spacial score (nSPS) is 19.7. The number of phenolic OH excluding ortho intramolecular Hbond substituents is 1. The fourth-order valence-electron chi connectivity index (χ4n) is 5.46. The van der Waals surface area contributed by atoms with Crippen LogP contribution in [0.25, 0.3) is 11.0 Å². The minimum absolute atomic E-state index is 0.0270. The molecular weight excluding hydrogens is 460 g/mol. The van der Waals surface area contributed by atoms with Crippen LogP contribution >= 0.6 is 11.6 Å². The summed E-state index contributed by atoms with van der Waals surface area (Å²) in [7, 11) is 1.26. The Balaban J connectivity index is 1.53. The Hall–Kier alpha value is -3.10. The number of aromatic hydroxyl groups is 1. The van der Waals surface area contributed by atoms with Crippen LogP contribution in [0.2, 0.25) is 5.02 Å². The van der Waals surface area contributed by atoms with Gasteiger partial charge in [-0.05, 0) is 37.0 Å². The third-order valence-electron chi connectivity index (χ3n) is 7.09. The van der Waals surface area contributed by atoms with Gasteiger partial charge in [-0.2, -0.15) is 0 Å². The van der Waals surface area contributed by atoms with Crippen molar-refractivity contribution in [1.29, 1.82) is 0 Å². The van der Waals surface area contributed by atoms with Crippen molar-refractivity contribution < 1.29 is 19.1 Å². The number of esters is 1. The lowest BCUT2D eigenvalue weighted by atomic mass is 9.83. The molecule has 5 rings (SSSR count). The van der Waals surface area contributed by atoms with E-state index in [-0.39, 0.29) is 39.8 Å². The quantitative estimate of drug-likeness (QED) is 0.448. The molecule has 34 heavy (non-hydrogen) atoms. The highest BCUT2D eigenvalue weighted by atomic mass is 35.5. The molecule has 1 saturated heterocycles. The molecule has 8 nitrogen and oxygen atoms in total. The van der Waals surface area contributed by atoms with E-state index in [1.807, 2.05) is 10.6 Å². The van der Waals surface area contributed by atoms with Gasteiger partial charge in [0.25, 0.3) is 5.56 Å². The molecule has 0 saturated carbocycles. The molecule has 0 unspecified atom stereocenters. The third kappa shape index (κ3) is 3.80. The summed E-state index contributed by atoms with van der Waals surface area (Å²) >= 11 is 6.37. The number of pyridine rings is 1. The Kier molecular flexibility index (Phi) is 5.73. The monoisotopic (exact) mass is 484 g/mol. The van der Waals surface area contributed by atoms with Gasteiger partial charge < -0.3 is 18.8 Å². The van der Waals surface area contributed by atoms with E-state index in [0.29, 0.717) is 42.1 Å². The molecule has 4 heterocycles. The van der Waals surface area contributed by atoms with Gasteiger partial charge in [0.15, 0.2) is 0 Å². The second-order valence-corrected chi connectivity index (χ2v) is 9.61.